The van der Waals surface area contributed by atoms with Gasteiger partial charge >= 0.3 is 0 Å². The van der Waals surface area contributed by atoms with E-state index >= 15 is 0 Å². The number of rotatable bonds is 4. The van der Waals surface area contributed by atoms with Gasteiger partial charge in [-0.1, -0.05) is 66.2 Å². The van der Waals surface area contributed by atoms with Crippen molar-refractivity contribution in [3.8, 4) is 0 Å². The molecule has 1 atom stereocenters. The van der Waals surface area contributed by atoms with Crippen molar-refractivity contribution in [1.82, 2.24) is 0 Å². The minimum Gasteiger partial charge on any atom is -0.364 e. The van der Waals surface area contributed by atoms with Gasteiger partial charge in [-0.3, -0.25) is 4.79 Å². The molecule has 0 saturated heterocycles. The maximum absolute atomic E-state index is 13.0. The minimum absolute atomic E-state index is 0.0790. The molecule has 0 saturated carbocycles. The second-order valence-electron chi connectivity index (χ2n) is 6.99. The number of carbonyl (C=O) groups excluding carboxylic acids is 1. The highest BCUT2D eigenvalue weighted by atomic mass is 16.1. The van der Waals surface area contributed by atoms with Gasteiger partial charge in [0.05, 0.1) is 6.04 Å². The van der Waals surface area contributed by atoms with E-state index in [9.17, 15) is 4.79 Å². The van der Waals surface area contributed by atoms with Crippen LogP contribution in [0.15, 0.2) is 78.9 Å². The molecule has 1 heterocycles. The Morgan fingerprint density at radius 3 is 2.54 bits per heavy atom. The van der Waals surface area contributed by atoms with E-state index in [0.29, 0.717) is 6.42 Å². The molecule has 130 valence electrons. The van der Waals surface area contributed by atoms with E-state index in [0.717, 1.165) is 24.1 Å². The molecule has 0 fully saturated rings. The molecule has 1 unspecified atom stereocenters. The van der Waals surface area contributed by atoms with Crippen LogP contribution in [0.4, 0.5) is 5.69 Å². The summed E-state index contributed by atoms with van der Waals surface area (Å²) in [5, 5.41) is 0. The predicted molar refractivity (Wildman–Crippen MR) is 107 cm³/mol. The summed E-state index contributed by atoms with van der Waals surface area (Å²) in [4.78, 5) is 15.4. The number of Topliss-reactive ketones (excluding diaryl/α,β-unsaturated/α-hetero) is 1. The SMILES string of the molecule is Cc1cccc(C(=O)CC2c3ccccc3CCN2c2ccccc2)c1. The first-order chi connectivity index (χ1) is 12.7. The lowest BCUT2D eigenvalue weighted by molar-refractivity contribution is 0.0972. The molecule has 4 rings (SSSR count). The maximum atomic E-state index is 13.0. The Kier molecular flexibility index (Phi) is 4.57. The summed E-state index contributed by atoms with van der Waals surface area (Å²) in [6, 6.07) is 27.0. The fraction of sp³-hybridized carbons (Fsp3) is 0.208. The molecule has 1 aliphatic heterocycles. The number of carbonyl (C=O) groups is 1. The van der Waals surface area contributed by atoms with Gasteiger partial charge in [-0.15, -0.1) is 0 Å². The zero-order valence-electron chi connectivity index (χ0n) is 15.1. The fourth-order valence-electron chi connectivity index (χ4n) is 3.91. The first kappa shape index (κ1) is 16.6. The van der Waals surface area contributed by atoms with Crippen LogP contribution in [0.1, 0.15) is 39.5 Å². The first-order valence-electron chi connectivity index (χ1n) is 9.22. The monoisotopic (exact) mass is 341 g/mol. The summed E-state index contributed by atoms with van der Waals surface area (Å²) in [5.74, 6) is 0.205. The number of nitrogens with zero attached hydrogens (tertiary/aromatic N) is 1. The summed E-state index contributed by atoms with van der Waals surface area (Å²) in [6.45, 7) is 2.97. The first-order valence-corrected chi connectivity index (χ1v) is 9.22. The quantitative estimate of drug-likeness (QED) is 0.594. The van der Waals surface area contributed by atoms with E-state index in [1.165, 1.54) is 16.8 Å². The Bertz CT molecular complexity index is 916. The van der Waals surface area contributed by atoms with Crippen molar-refractivity contribution >= 4 is 11.5 Å². The Morgan fingerprint density at radius 1 is 0.962 bits per heavy atom. The summed E-state index contributed by atoms with van der Waals surface area (Å²) in [6.07, 6.45) is 1.51. The smallest absolute Gasteiger partial charge is 0.165 e. The molecule has 3 aromatic rings. The second kappa shape index (κ2) is 7.17. The van der Waals surface area contributed by atoms with Crippen molar-refractivity contribution in [3.05, 3.63) is 101 Å². The van der Waals surface area contributed by atoms with Gasteiger partial charge in [-0.05, 0) is 42.7 Å². The van der Waals surface area contributed by atoms with Crippen molar-refractivity contribution in [3.63, 3.8) is 0 Å². The van der Waals surface area contributed by atoms with Crippen LogP contribution in [0.2, 0.25) is 0 Å². The highest BCUT2D eigenvalue weighted by molar-refractivity contribution is 5.97. The molecule has 0 N–H and O–H groups in total. The summed E-state index contributed by atoms with van der Waals surface area (Å²) in [7, 11) is 0. The van der Waals surface area contributed by atoms with Crippen molar-refractivity contribution in [2.75, 3.05) is 11.4 Å². The van der Waals surface area contributed by atoms with E-state index < -0.39 is 0 Å². The fourth-order valence-corrected chi connectivity index (χ4v) is 3.91. The number of ketones is 1. The topological polar surface area (TPSA) is 20.3 Å². The van der Waals surface area contributed by atoms with Crippen LogP contribution in [-0.2, 0) is 6.42 Å². The van der Waals surface area contributed by atoms with Gasteiger partial charge in [0, 0.05) is 24.2 Å². The molecule has 2 heteroatoms. The summed E-state index contributed by atoms with van der Waals surface area (Å²) < 4.78 is 0. The van der Waals surface area contributed by atoms with Crippen molar-refractivity contribution in [2.45, 2.75) is 25.8 Å². The lowest BCUT2D eigenvalue weighted by Gasteiger charge is -2.39. The van der Waals surface area contributed by atoms with Crippen LogP contribution in [0.5, 0.6) is 0 Å². The van der Waals surface area contributed by atoms with Crippen molar-refractivity contribution in [1.29, 1.82) is 0 Å². The average molecular weight is 341 g/mol. The number of hydrogen-bond acceptors (Lipinski definition) is 2. The van der Waals surface area contributed by atoms with Crippen LogP contribution in [0.25, 0.3) is 0 Å². The normalized spacial score (nSPS) is 16.2. The van der Waals surface area contributed by atoms with Gasteiger partial charge in [0.25, 0.3) is 0 Å². The Hall–Kier alpha value is -2.87. The molecule has 0 bridgehead atoms. The van der Waals surface area contributed by atoms with E-state index in [1.54, 1.807) is 0 Å². The Labute approximate surface area is 155 Å². The average Bonchev–Trinajstić information content (AvgIpc) is 2.69. The molecular formula is C24H23NO. The number of aryl methyl sites for hydroxylation is 1. The summed E-state index contributed by atoms with van der Waals surface area (Å²) in [5.41, 5.74) is 5.76. The minimum atomic E-state index is 0.0790. The molecule has 0 spiro atoms. The Morgan fingerprint density at radius 2 is 1.73 bits per heavy atom. The molecule has 0 aliphatic carbocycles. The summed E-state index contributed by atoms with van der Waals surface area (Å²) >= 11 is 0. The van der Waals surface area contributed by atoms with Gasteiger partial charge in [0.2, 0.25) is 0 Å². The standard InChI is InChI=1S/C24H23NO/c1-18-8-7-10-20(16-18)24(26)17-23-22-13-6-5-9-19(22)14-15-25(23)21-11-3-2-4-12-21/h2-13,16,23H,14-15,17H2,1H3. The zero-order valence-corrected chi connectivity index (χ0v) is 15.1. The Balaban J connectivity index is 1.70. The highest BCUT2D eigenvalue weighted by Gasteiger charge is 2.29. The van der Waals surface area contributed by atoms with Crippen LogP contribution in [0.3, 0.4) is 0 Å². The third kappa shape index (κ3) is 3.28. The molecule has 2 nitrogen and oxygen atoms in total. The number of para-hydroxylation sites is 1. The van der Waals surface area contributed by atoms with Crippen LogP contribution in [0, 0.1) is 6.92 Å². The lowest BCUT2D eigenvalue weighted by atomic mass is 9.88. The third-order valence-electron chi connectivity index (χ3n) is 5.22. The number of anilines is 1. The molecular weight excluding hydrogens is 318 g/mol. The maximum Gasteiger partial charge on any atom is 0.165 e. The van der Waals surface area contributed by atoms with Gasteiger partial charge in [-0.2, -0.15) is 0 Å². The molecule has 26 heavy (non-hydrogen) atoms. The highest BCUT2D eigenvalue weighted by Crippen LogP contribution is 2.36. The molecule has 0 radical (unpaired) electrons. The van der Waals surface area contributed by atoms with Crippen LogP contribution in [-0.4, -0.2) is 12.3 Å². The van der Waals surface area contributed by atoms with E-state index in [2.05, 4.69) is 53.4 Å². The van der Waals surface area contributed by atoms with E-state index in [-0.39, 0.29) is 11.8 Å². The molecule has 3 aromatic carbocycles. The number of fused-ring (bicyclic) bond motifs is 1. The van der Waals surface area contributed by atoms with E-state index in [4.69, 9.17) is 0 Å². The predicted octanol–water partition coefficient (Wildman–Crippen LogP) is 5.37. The lowest BCUT2D eigenvalue weighted by Crippen LogP contribution is -2.36. The van der Waals surface area contributed by atoms with E-state index in [1.807, 2.05) is 37.3 Å². The van der Waals surface area contributed by atoms with Gasteiger partial charge in [-0.25, -0.2) is 0 Å². The third-order valence-corrected chi connectivity index (χ3v) is 5.22. The largest absolute Gasteiger partial charge is 0.364 e. The van der Waals surface area contributed by atoms with Crippen LogP contribution >= 0.6 is 0 Å². The number of benzene rings is 3. The van der Waals surface area contributed by atoms with Gasteiger partial charge < -0.3 is 4.90 Å². The molecule has 1 aliphatic rings. The molecule has 0 amide bonds. The number of hydrogen-bond donors (Lipinski definition) is 0. The zero-order chi connectivity index (χ0) is 17.9. The van der Waals surface area contributed by atoms with Gasteiger partial charge in [0.15, 0.2) is 5.78 Å². The van der Waals surface area contributed by atoms with Crippen molar-refractivity contribution < 1.29 is 4.79 Å². The van der Waals surface area contributed by atoms with Crippen LogP contribution < -0.4 is 4.90 Å². The molecule has 0 aromatic heterocycles. The van der Waals surface area contributed by atoms with Crippen molar-refractivity contribution in [2.24, 2.45) is 0 Å². The second-order valence-corrected chi connectivity index (χ2v) is 6.99. The van der Waals surface area contributed by atoms with Gasteiger partial charge in [0.1, 0.15) is 0 Å².